The molecule has 1 aliphatic heterocycles. The Balaban J connectivity index is 2.03. The van der Waals surface area contributed by atoms with Crippen molar-refractivity contribution in [3.05, 3.63) is 23.8 Å². The molecular formula is C18H26N2O6S. The van der Waals surface area contributed by atoms with Gasteiger partial charge in [0.15, 0.2) is 0 Å². The first-order valence-corrected chi connectivity index (χ1v) is 10.5. The van der Waals surface area contributed by atoms with Crippen LogP contribution in [0.4, 0.5) is 0 Å². The molecule has 0 unspecified atom stereocenters. The molecule has 0 radical (unpaired) electrons. The van der Waals surface area contributed by atoms with E-state index in [4.69, 9.17) is 9.84 Å². The van der Waals surface area contributed by atoms with Gasteiger partial charge in [-0.3, -0.25) is 9.59 Å². The van der Waals surface area contributed by atoms with Crippen molar-refractivity contribution in [2.45, 2.75) is 43.4 Å². The molecule has 1 aliphatic rings. The third-order valence-electron chi connectivity index (χ3n) is 4.46. The van der Waals surface area contributed by atoms with Crippen molar-refractivity contribution < 1.29 is 27.9 Å². The molecule has 1 saturated heterocycles. The minimum atomic E-state index is -3.71. The molecule has 2 rings (SSSR count). The largest absolute Gasteiger partial charge is 0.495 e. The van der Waals surface area contributed by atoms with Crippen molar-refractivity contribution >= 4 is 21.9 Å². The molecule has 0 bridgehead atoms. The summed E-state index contributed by atoms with van der Waals surface area (Å²) >= 11 is 0. The molecule has 0 aliphatic carbocycles. The van der Waals surface area contributed by atoms with Gasteiger partial charge in [-0.05, 0) is 43.9 Å². The summed E-state index contributed by atoms with van der Waals surface area (Å²) in [5.74, 6) is -0.982. The van der Waals surface area contributed by atoms with E-state index in [1.54, 1.807) is 0 Å². The van der Waals surface area contributed by atoms with Crippen molar-refractivity contribution in [1.82, 2.24) is 9.62 Å². The zero-order valence-electron chi connectivity index (χ0n) is 15.4. The molecule has 1 aromatic rings. The minimum Gasteiger partial charge on any atom is -0.495 e. The SMILES string of the molecule is COc1ccc(C(=O)NCCCCCC(=O)O)cc1S(=O)(=O)N1CCCC1. The number of carboxylic acids is 1. The highest BCUT2D eigenvalue weighted by molar-refractivity contribution is 7.89. The average Bonchev–Trinajstić information content (AvgIpc) is 3.19. The number of rotatable bonds is 10. The molecule has 0 spiro atoms. The second-order valence-electron chi connectivity index (χ2n) is 6.44. The van der Waals surface area contributed by atoms with E-state index in [0.29, 0.717) is 38.9 Å². The molecule has 1 heterocycles. The smallest absolute Gasteiger partial charge is 0.303 e. The third kappa shape index (κ3) is 5.67. The summed E-state index contributed by atoms with van der Waals surface area (Å²) in [6.45, 7) is 1.34. The normalized spacial score (nSPS) is 14.9. The van der Waals surface area contributed by atoms with Crippen molar-refractivity contribution in [3.8, 4) is 5.75 Å². The Morgan fingerprint density at radius 1 is 1.19 bits per heavy atom. The first-order chi connectivity index (χ1) is 12.9. The van der Waals surface area contributed by atoms with Gasteiger partial charge in [-0.25, -0.2) is 8.42 Å². The topological polar surface area (TPSA) is 113 Å². The second-order valence-corrected chi connectivity index (χ2v) is 8.34. The van der Waals surface area contributed by atoms with E-state index in [0.717, 1.165) is 12.8 Å². The number of unbranched alkanes of at least 4 members (excludes halogenated alkanes) is 2. The fourth-order valence-electron chi connectivity index (χ4n) is 2.97. The number of hydrogen-bond acceptors (Lipinski definition) is 5. The lowest BCUT2D eigenvalue weighted by molar-refractivity contribution is -0.137. The van der Waals surface area contributed by atoms with E-state index >= 15 is 0 Å². The first-order valence-electron chi connectivity index (χ1n) is 9.04. The van der Waals surface area contributed by atoms with Crippen molar-refractivity contribution in [3.63, 3.8) is 0 Å². The number of carbonyl (C=O) groups is 2. The number of amides is 1. The molecule has 0 aromatic heterocycles. The lowest BCUT2D eigenvalue weighted by Gasteiger charge is -2.18. The Labute approximate surface area is 159 Å². The monoisotopic (exact) mass is 398 g/mol. The number of sulfonamides is 1. The molecule has 1 aromatic carbocycles. The molecule has 0 atom stereocenters. The predicted molar refractivity (Wildman–Crippen MR) is 99.4 cm³/mol. The van der Waals surface area contributed by atoms with E-state index in [1.165, 1.54) is 29.6 Å². The third-order valence-corrected chi connectivity index (χ3v) is 6.38. The van der Waals surface area contributed by atoms with E-state index in [-0.39, 0.29) is 28.5 Å². The van der Waals surface area contributed by atoms with Crippen LogP contribution in [-0.4, -0.2) is 56.5 Å². The average molecular weight is 398 g/mol. The predicted octanol–water partition coefficient (Wildman–Crippen LogP) is 1.85. The Kier molecular flexibility index (Phi) is 7.61. The number of carboxylic acid groups (broad SMARTS) is 1. The van der Waals surface area contributed by atoms with Crippen LogP contribution in [0.15, 0.2) is 23.1 Å². The zero-order valence-corrected chi connectivity index (χ0v) is 16.3. The Hall–Kier alpha value is -2.13. The van der Waals surface area contributed by atoms with Crippen molar-refractivity contribution in [2.75, 3.05) is 26.7 Å². The Bertz CT molecular complexity index is 772. The number of benzene rings is 1. The van der Waals surface area contributed by atoms with Gasteiger partial charge in [0.1, 0.15) is 10.6 Å². The van der Waals surface area contributed by atoms with Gasteiger partial charge in [-0.2, -0.15) is 4.31 Å². The van der Waals surface area contributed by atoms with Crippen LogP contribution in [0.2, 0.25) is 0 Å². The highest BCUT2D eigenvalue weighted by Gasteiger charge is 2.30. The molecular weight excluding hydrogens is 372 g/mol. The maximum atomic E-state index is 12.8. The van der Waals surface area contributed by atoms with Gasteiger partial charge in [0.2, 0.25) is 10.0 Å². The number of ether oxygens (including phenoxy) is 1. The fraction of sp³-hybridized carbons (Fsp3) is 0.556. The molecule has 0 saturated carbocycles. The molecule has 1 amide bonds. The second kappa shape index (κ2) is 9.70. The summed E-state index contributed by atoms with van der Waals surface area (Å²) in [5.41, 5.74) is 0.249. The molecule has 150 valence electrons. The Morgan fingerprint density at radius 3 is 2.52 bits per heavy atom. The fourth-order valence-corrected chi connectivity index (χ4v) is 4.67. The molecule has 9 heteroatoms. The van der Waals surface area contributed by atoms with E-state index in [2.05, 4.69) is 5.32 Å². The van der Waals surface area contributed by atoms with Crippen LogP contribution >= 0.6 is 0 Å². The number of methoxy groups -OCH3 is 1. The first kappa shape index (κ1) is 21.2. The summed E-state index contributed by atoms with van der Waals surface area (Å²) in [5, 5.41) is 11.3. The molecule has 27 heavy (non-hydrogen) atoms. The number of nitrogens with one attached hydrogen (secondary N) is 1. The highest BCUT2D eigenvalue weighted by Crippen LogP contribution is 2.29. The van der Waals surface area contributed by atoms with E-state index < -0.39 is 16.0 Å². The van der Waals surface area contributed by atoms with Crippen LogP contribution in [0.25, 0.3) is 0 Å². The standard InChI is InChI=1S/C18H26N2O6S/c1-26-15-9-8-14(18(23)19-10-4-2-3-7-17(21)22)13-16(15)27(24,25)20-11-5-6-12-20/h8-9,13H,2-7,10-12H2,1H3,(H,19,23)(H,21,22). The summed E-state index contributed by atoms with van der Waals surface area (Å²) in [7, 11) is -2.31. The molecule has 2 N–H and O–H groups in total. The van der Waals surface area contributed by atoms with Crippen molar-refractivity contribution in [1.29, 1.82) is 0 Å². The van der Waals surface area contributed by atoms with Crippen LogP contribution in [-0.2, 0) is 14.8 Å². The van der Waals surface area contributed by atoms with E-state index in [1.807, 2.05) is 0 Å². The van der Waals surface area contributed by atoms with Gasteiger partial charge in [0.05, 0.1) is 7.11 Å². The van der Waals surface area contributed by atoms with E-state index in [9.17, 15) is 18.0 Å². The summed E-state index contributed by atoms with van der Waals surface area (Å²) in [6.07, 6.45) is 3.68. The minimum absolute atomic E-state index is 0.000934. The van der Waals surface area contributed by atoms with Crippen LogP contribution < -0.4 is 10.1 Å². The highest BCUT2D eigenvalue weighted by atomic mass is 32.2. The molecule has 1 fully saturated rings. The lowest BCUT2D eigenvalue weighted by atomic mass is 10.1. The van der Waals surface area contributed by atoms with Crippen LogP contribution in [0.5, 0.6) is 5.75 Å². The van der Waals surface area contributed by atoms with Crippen LogP contribution in [0, 0.1) is 0 Å². The zero-order chi connectivity index (χ0) is 19.9. The van der Waals surface area contributed by atoms with Crippen LogP contribution in [0.1, 0.15) is 48.9 Å². The van der Waals surface area contributed by atoms with Gasteiger partial charge in [-0.1, -0.05) is 6.42 Å². The van der Waals surface area contributed by atoms with Gasteiger partial charge < -0.3 is 15.2 Å². The van der Waals surface area contributed by atoms with Crippen molar-refractivity contribution in [2.24, 2.45) is 0 Å². The van der Waals surface area contributed by atoms with Gasteiger partial charge in [-0.15, -0.1) is 0 Å². The molecule has 8 nitrogen and oxygen atoms in total. The Morgan fingerprint density at radius 2 is 1.89 bits per heavy atom. The van der Waals surface area contributed by atoms with Crippen LogP contribution in [0.3, 0.4) is 0 Å². The summed E-state index contributed by atoms with van der Waals surface area (Å²) in [4.78, 5) is 22.8. The maximum absolute atomic E-state index is 12.8. The maximum Gasteiger partial charge on any atom is 0.303 e. The quantitative estimate of drug-likeness (QED) is 0.582. The number of carbonyl (C=O) groups excluding carboxylic acids is 1. The summed E-state index contributed by atoms with van der Waals surface area (Å²) < 4.78 is 32.3. The summed E-state index contributed by atoms with van der Waals surface area (Å²) in [6, 6.07) is 4.37. The number of hydrogen-bond donors (Lipinski definition) is 2. The number of aliphatic carboxylic acids is 1. The lowest BCUT2D eigenvalue weighted by Crippen LogP contribution is -2.29. The van der Waals surface area contributed by atoms with Gasteiger partial charge in [0.25, 0.3) is 5.91 Å². The number of nitrogens with zero attached hydrogens (tertiary/aromatic N) is 1. The van der Waals surface area contributed by atoms with Gasteiger partial charge >= 0.3 is 5.97 Å². The van der Waals surface area contributed by atoms with Gasteiger partial charge in [0, 0.05) is 31.6 Å².